The second kappa shape index (κ2) is 8.67. The molecule has 0 spiro atoms. The number of hydrogen-bond donors (Lipinski definition) is 1. The van der Waals surface area contributed by atoms with Gasteiger partial charge in [0.15, 0.2) is 10.9 Å². The van der Waals surface area contributed by atoms with Gasteiger partial charge in [0.2, 0.25) is 5.91 Å². The smallest absolute Gasteiger partial charge is 0.224 e. The van der Waals surface area contributed by atoms with Crippen LogP contribution in [-0.2, 0) is 17.8 Å². The highest BCUT2D eigenvalue weighted by Crippen LogP contribution is 2.40. The molecule has 2 heterocycles. The Balaban J connectivity index is 1.31. The van der Waals surface area contributed by atoms with Crippen LogP contribution in [0.3, 0.4) is 0 Å². The number of rotatable bonds is 7. The van der Waals surface area contributed by atoms with Gasteiger partial charge in [-0.05, 0) is 55.0 Å². The molecule has 1 aliphatic carbocycles. The number of carbonyl (C=O) groups excluding carboxylic acids is 2. The lowest BCUT2D eigenvalue weighted by molar-refractivity contribution is -0.116. The SMILES string of the molecule is O=C1CCCc2cc(C(=O)CSc3nnc(C4CC4)n3Cc3ccccc3)ccc2N1. The third-order valence-electron chi connectivity index (χ3n) is 5.76. The first-order valence-electron chi connectivity index (χ1n) is 10.7. The Bertz CT molecular complexity index is 1120. The van der Waals surface area contributed by atoms with Crippen LogP contribution >= 0.6 is 11.8 Å². The average molecular weight is 433 g/mol. The summed E-state index contributed by atoms with van der Waals surface area (Å²) in [6.07, 6.45) is 4.44. The van der Waals surface area contributed by atoms with E-state index in [1.165, 1.54) is 17.3 Å². The molecule has 1 N–H and O–H groups in total. The molecule has 0 bridgehead atoms. The van der Waals surface area contributed by atoms with E-state index < -0.39 is 0 Å². The van der Waals surface area contributed by atoms with E-state index in [0.717, 1.165) is 54.5 Å². The summed E-state index contributed by atoms with van der Waals surface area (Å²) < 4.78 is 2.16. The van der Waals surface area contributed by atoms with Crippen LogP contribution in [0.4, 0.5) is 5.69 Å². The molecule has 0 unspecified atom stereocenters. The summed E-state index contributed by atoms with van der Waals surface area (Å²) >= 11 is 1.45. The largest absolute Gasteiger partial charge is 0.326 e. The van der Waals surface area contributed by atoms with Crippen molar-refractivity contribution in [2.24, 2.45) is 0 Å². The van der Waals surface area contributed by atoms with Crippen LogP contribution in [0.5, 0.6) is 0 Å². The van der Waals surface area contributed by atoms with E-state index in [1.807, 2.05) is 30.3 Å². The number of carbonyl (C=O) groups is 2. The van der Waals surface area contributed by atoms with Crippen molar-refractivity contribution < 1.29 is 9.59 Å². The van der Waals surface area contributed by atoms with E-state index in [-0.39, 0.29) is 11.7 Å². The number of aryl methyl sites for hydroxylation is 1. The number of ketones is 1. The number of thioether (sulfide) groups is 1. The molecule has 1 amide bonds. The zero-order valence-electron chi connectivity index (χ0n) is 17.2. The molecule has 7 heteroatoms. The highest BCUT2D eigenvalue weighted by Gasteiger charge is 2.30. The van der Waals surface area contributed by atoms with Crippen molar-refractivity contribution in [3.8, 4) is 0 Å². The van der Waals surface area contributed by atoms with E-state index in [2.05, 4.69) is 32.2 Å². The first kappa shape index (κ1) is 20.0. The van der Waals surface area contributed by atoms with Crippen LogP contribution in [0.25, 0.3) is 0 Å². The maximum atomic E-state index is 12.9. The summed E-state index contributed by atoms with van der Waals surface area (Å²) in [4.78, 5) is 24.7. The van der Waals surface area contributed by atoms with E-state index in [1.54, 1.807) is 6.07 Å². The minimum atomic E-state index is 0.0394. The third kappa shape index (κ3) is 4.56. The lowest BCUT2D eigenvalue weighted by atomic mass is 10.0. The number of amides is 1. The second-order valence-electron chi connectivity index (χ2n) is 8.17. The van der Waals surface area contributed by atoms with Gasteiger partial charge in [0, 0.05) is 23.6 Å². The lowest BCUT2D eigenvalue weighted by Gasteiger charge is -2.11. The normalized spacial score (nSPS) is 15.8. The standard InChI is InChI=1S/C24H24N4O2S/c29-21(19-11-12-20-18(13-19)7-4-8-22(30)25-20)15-31-24-27-26-23(17-9-10-17)28(24)14-16-5-2-1-3-6-16/h1-3,5-6,11-13,17H,4,7-10,14-15H2,(H,25,30). The molecule has 2 aliphatic rings. The lowest BCUT2D eigenvalue weighted by Crippen LogP contribution is -2.10. The van der Waals surface area contributed by atoms with Crippen molar-refractivity contribution in [3.05, 3.63) is 71.0 Å². The Morgan fingerprint density at radius 3 is 2.74 bits per heavy atom. The molecule has 0 atom stereocenters. The van der Waals surface area contributed by atoms with E-state index in [0.29, 0.717) is 23.7 Å². The molecule has 3 aromatic rings. The first-order valence-corrected chi connectivity index (χ1v) is 11.7. The molecule has 31 heavy (non-hydrogen) atoms. The van der Waals surface area contributed by atoms with Gasteiger partial charge in [0.05, 0.1) is 12.3 Å². The molecule has 5 rings (SSSR count). The molecular weight excluding hydrogens is 408 g/mol. The van der Waals surface area contributed by atoms with Crippen molar-refractivity contribution in [3.63, 3.8) is 0 Å². The summed E-state index contributed by atoms with van der Waals surface area (Å²) in [6.45, 7) is 0.717. The van der Waals surface area contributed by atoms with Gasteiger partial charge in [0.25, 0.3) is 0 Å². The quantitative estimate of drug-likeness (QED) is 0.441. The molecule has 1 aromatic heterocycles. The van der Waals surface area contributed by atoms with Crippen LogP contribution in [0, 0.1) is 0 Å². The van der Waals surface area contributed by atoms with E-state index in [4.69, 9.17) is 0 Å². The average Bonchev–Trinajstić information content (AvgIpc) is 3.57. The minimum Gasteiger partial charge on any atom is -0.326 e. The Kier molecular flexibility index (Phi) is 5.59. The van der Waals surface area contributed by atoms with Crippen molar-refractivity contribution in [1.82, 2.24) is 14.8 Å². The molecule has 0 radical (unpaired) electrons. The number of aromatic nitrogens is 3. The summed E-state index contributed by atoms with van der Waals surface area (Å²) in [7, 11) is 0. The second-order valence-corrected chi connectivity index (χ2v) is 9.11. The predicted molar refractivity (Wildman–Crippen MR) is 121 cm³/mol. The molecule has 6 nitrogen and oxygen atoms in total. The van der Waals surface area contributed by atoms with Gasteiger partial charge in [-0.3, -0.25) is 9.59 Å². The van der Waals surface area contributed by atoms with Gasteiger partial charge in [-0.1, -0.05) is 42.1 Å². The van der Waals surface area contributed by atoms with Crippen molar-refractivity contribution in [2.45, 2.75) is 49.7 Å². The maximum absolute atomic E-state index is 12.9. The highest BCUT2D eigenvalue weighted by atomic mass is 32.2. The third-order valence-corrected chi connectivity index (χ3v) is 6.72. The van der Waals surface area contributed by atoms with Crippen LogP contribution in [0.1, 0.15) is 58.9 Å². The van der Waals surface area contributed by atoms with Crippen LogP contribution in [-0.4, -0.2) is 32.2 Å². The number of anilines is 1. The summed E-state index contributed by atoms with van der Waals surface area (Å²) in [5, 5.41) is 12.6. The summed E-state index contributed by atoms with van der Waals surface area (Å²) in [6, 6.07) is 15.9. The number of fused-ring (bicyclic) bond motifs is 1. The highest BCUT2D eigenvalue weighted by molar-refractivity contribution is 7.99. The van der Waals surface area contributed by atoms with Crippen LogP contribution in [0.15, 0.2) is 53.7 Å². The topological polar surface area (TPSA) is 76.9 Å². The molecular formula is C24H24N4O2S. The van der Waals surface area contributed by atoms with Gasteiger partial charge >= 0.3 is 0 Å². The van der Waals surface area contributed by atoms with Gasteiger partial charge in [-0.15, -0.1) is 10.2 Å². The maximum Gasteiger partial charge on any atom is 0.224 e. The zero-order valence-corrected chi connectivity index (χ0v) is 18.0. The van der Waals surface area contributed by atoms with E-state index >= 15 is 0 Å². The molecule has 1 aliphatic heterocycles. The Morgan fingerprint density at radius 1 is 1.10 bits per heavy atom. The Hall–Kier alpha value is -2.93. The van der Waals surface area contributed by atoms with Gasteiger partial charge in [-0.2, -0.15) is 0 Å². The van der Waals surface area contributed by atoms with Crippen molar-refractivity contribution >= 4 is 29.1 Å². The first-order chi connectivity index (χ1) is 15.2. The predicted octanol–water partition coefficient (Wildman–Crippen LogP) is 4.45. The summed E-state index contributed by atoms with van der Waals surface area (Å²) in [5.41, 5.74) is 3.73. The van der Waals surface area contributed by atoms with E-state index in [9.17, 15) is 9.59 Å². The van der Waals surface area contributed by atoms with Crippen molar-refractivity contribution in [1.29, 1.82) is 0 Å². The molecule has 1 fully saturated rings. The fraction of sp³-hybridized carbons (Fsp3) is 0.333. The number of nitrogens with zero attached hydrogens (tertiary/aromatic N) is 3. The molecule has 1 saturated carbocycles. The van der Waals surface area contributed by atoms with Crippen LogP contribution < -0.4 is 5.32 Å². The number of nitrogens with one attached hydrogen (secondary N) is 1. The minimum absolute atomic E-state index is 0.0394. The molecule has 158 valence electrons. The van der Waals surface area contributed by atoms with Gasteiger partial charge in [-0.25, -0.2) is 0 Å². The zero-order chi connectivity index (χ0) is 21.2. The monoisotopic (exact) mass is 432 g/mol. The fourth-order valence-electron chi connectivity index (χ4n) is 3.93. The number of benzene rings is 2. The number of hydrogen-bond acceptors (Lipinski definition) is 5. The number of Topliss-reactive ketones (excluding diaryl/α,β-unsaturated/α-hetero) is 1. The molecule has 0 saturated heterocycles. The Labute approximate surface area is 185 Å². The van der Waals surface area contributed by atoms with Gasteiger partial charge < -0.3 is 9.88 Å². The molecule has 2 aromatic carbocycles. The fourth-order valence-corrected chi connectivity index (χ4v) is 4.77. The Morgan fingerprint density at radius 2 is 1.94 bits per heavy atom. The van der Waals surface area contributed by atoms with Crippen LogP contribution in [0.2, 0.25) is 0 Å². The van der Waals surface area contributed by atoms with Crippen molar-refractivity contribution in [2.75, 3.05) is 11.1 Å². The summed E-state index contributed by atoms with van der Waals surface area (Å²) in [5.74, 6) is 1.92. The van der Waals surface area contributed by atoms with Gasteiger partial charge in [0.1, 0.15) is 5.82 Å².